The molecule has 0 bridgehead atoms. The predicted molar refractivity (Wildman–Crippen MR) is 67.0 cm³/mol. The molecule has 0 spiro atoms. The van der Waals surface area contributed by atoms with Gasteiger partial charge in [-0.05, 0) is 12.1 Å². The van der Waals surface area contributed by atoms with Crippen LogP contribution in [0, 0.1) is 11.3 Å². The zero-order chi connectivity index (χ0) is 12.1. The third kappa shape index (κ3) is 2.83. The second kappa shape index (κ2) is 5.46. The van der Waals surface area contributed by atoms with Gasteiger partial charge in [0, 0.05) is 26.2 Å². The fourth-order valence-corrected chi connectivity index (χ4v) is 2.03. The fraction of sp³-hybridized carbons (Fsp3) is 0.385. The van der Waals surface area contributed by atoms with E-state index < -0.39 is 0 Å². The van der Waals surface area contributed by atoms with Crippen LogP contribution in [0.4, 0.5) is 5.69 Å². The molecule has 88 valence electrons. The van der Waals surface area contributed by atoms with Crippen molar-refractivity contribution in [2.75, 3.05) is 37.6 Å². The van der Waals surface area contributed by atoms with Gasteiger partial charge in [0.2, 0.25) is 5.43 Å². The molecule has 0 atom stereocenters. The van der Waals surface area contributed by atoms with Crippen LogP contribution in [0.25, 0.3) is 0 Å². The first-order valence-corrected chi connectivity index (χ1v) is 5.75. The molecule has 0 amide bonds. The van der Waals surface area contributed by atoms with Gasteiger partial charge in [-0.15, -0.1) is 0 Å². The summed E-state index contributed by atoms with van der Waals surface area (Å²) < 4.78 is 0. The molecule has 4 nitrogen and oxygen atoms in total. The number of nitrogens with zero attached hydrogens (tertiary/aromatic N) is 3. The highest BCUT2D eigenvalue weighted by Crippen LogP contribution is 2.10. The minimum atomic E-state index is 0.0590. The molecule has 0 N–H and O–H groups in total. The maximum Gasteiger partial charge on any atom is 0.201 e. The van der Waals surface area contributed by atoms with Gasteiger partial charge in [-0.2, -0.15) is 5.26 Å². The molecule has 0 saturated carbocycles. The Balaban J connectivity index is 2.09. The van der Waals surface area contributed by atoms with Crippen molar-refractivity contribution in [2.24, 2.45) is 0 Å². The van der Waals surface area contributed by atoms with Crippen LogP contribution in [0.1, 0.15) is 0 Å². The molecular weight excluding hydrogens is 214 g/mol. The monoisotopic (exact) mass is 229 g/mol. The molecule has 0 aliphatic carbocycles. The summed E-state index contributed by atoms with van der Waals surface area (Å²) in [6.07, 6.45) is 0. The van der Waals surface area contributed by atoms with Crippen molar-refractivity contribution >= 4 is 5.69 Å². The summed E-state index contributed by atoms with van der Waals surface area (Å²) in [4.78, 5) is 16.0. The lowest BCUT2D eigenvalue weighted by Crippen LogP contribution is -2.47. The van der Waals surface area contributed by atoms with Gasteiger partial charge >= 0.3 is 0 Å². The quantitative estimate of drug-likeness (QED) is 0.700. The van der Waals surface area contributed by atoms with Gasteiger partial charge in [0.25, 0.3) is 0 Å². The maximum absolute atomic E-state index is 11.8. The van der Waals surface area contributed by atoms with Gasteiger partial charge in [-0.1, -0.05) is 18.2 Å². The molecule has 1 aromatic carbocycles. The zero-order valence-electron chi connectivity index (χ0n) is 9.67. The molecule has 4 heteroatoms. The molecule has 0 radical (unpaired) electrons. The first kappa shape index (κ1) is 11.6. The Morgan fingerprint density at radius 2 is 1.82 bits per heavy atom. The van der Waals surface area contributed by atoms with Crippen LogP contribution in [0.3, 0.4) is 0 Å². The maximum atomic E-state index is 11.8. The van der Waals surface area contributed by atoms with E-state index in [9.17, 15) is 4.79 Å². The van der Waals surface area contributed by atoms with E-state index in [1.165, 1.54) is 0 Å². The number of nitriles is 1. The Hall–Kier alpha value is -1.86. The summed E-state index contributed by atoms with van der Waals surface area (Å²) in [7, 11) is 0. The van der Waals surface area contributed by atoms with Gasteiger partial charge in [-0.3, -0.25) is 9.69 Å². The smallest absolute Gasteiger partial charge is 0.201 e. The molecule has 0 unspecified atom stereocenters. The summed E-state index contributed by atoms with van der Waals surface area (Å²) in [6, 6.07) is 11.1. The Labute approximate surface area is 101 Å². The standard InChI is InChI=1S/C13H15N3O/c14-6-7-15-8-10-16(11-9-15)12-4-2-1-3-5-13(12)17/h1-5H,7-11H2. The predicted octanol–water partition coefficient (Wildman–Crippen LogP) is 0.692. The SMILES string of the molecule is N#CCN1CCN(c2cccccc2=O)CC1. The van der Waals surface area contributed by atoms with Crippen LogP contribution in [0.15, 0.2) is 35.1 Å². The summed E-state index contributed by atoms with van der Waals surface area (Å²) in [5.41, 5.74) is 0.815. The van der Waals surface area contributed by atoms with Crippen molar-refractivity contribution in [3.05, 3.63) is 40.6 Å². The number of rotatable bonds is 2. The topological polar surface area (TPSA) is 47.3 Å². The van der Waals surface area contributed by atoms with Crippen molar-refractivity contribution in [2.45, 2.75) is 0 Å². The van der Waals surface area contributed by atoms with Gasteiger partial charge in [0.05, 0.1) is 18.3 Å². The molecule has 2 rings (SSSR count). The molecule has 17 heavy (non-hydrogen) atoms. The van der Waals surface area contributed by atoms with Crippen LogP contribution in [0.2, 0.25) is 0 Å². The van der Waals surface area contributed by atoms with Crippen molar-refractivity contribution in [3.63, 3.8) is 0 Å². The van der Waals surface area contributed by atoms with E-state index in [1.54, 1.807) is 12.1 Å². The molecule has 0 aromatic heterocycles. The van der Waals surface area contributed by atoms with Crippen LogP contribution >= 0.6 is 0 Å². The highest BCUT2D eigenvalue weighted by Gasteiger charge is 2.17. The third-order valence-corrected chi connectivity index (χ3v) is 2.98. The number of hydrogen-bond acceptors (Lipinski definition) is 4. The van der Waals surface area contributed by atoms with E-state index >= 15 is 0 Å². The van der Waals surface area contributed by atoms with Crippen LogP contribution < -0.4 is 10.3 Å². The number of hydrogen-bond donors (Lipinski definition) is 0. The van der Waals surface area contributed by atoms with Gasteiger partial charge in [0.15, 0.2) is 0 Å². The number of anilines is 1. The molecular formula is C13H15N3O. The minimum Gasteiger partial charge on any atom is -0.366 e. The van der Waals surface area contributed by atoms with Crippen molar-refractivity contribution in [1.82, 2.24) is 4.90 Å². The van der Waals surface area contributed by atoms with E-state index in [2.05, 4.69) is 15.9 Å². The molecule has 1 fully saturated rings. The van der Waals surface area contributed by atoms with E-state index in [4.69, 9.17) is 5.26 Å². The first-order chi connectivity index (χ1) is 8.31. The van der Waals surface area contributed by atoms with Crippen molar-refractivity contribution in [1.29, 1.82) is 5.26 Å². The lowest BCUT2D eigenvalue weighted by atomic mass is 10.2. The Bertz CT molecular complexity index is 473. The normalized spacial score (nSPS) is 16.5. The highest BCUT2D eigenvalue weighted by molar-refractivity contribution is 5.45. The number of piperazine rings is 1. The zero-order valence-corrected chi connectivity index (χ0v) is 9.67. The van der Waals surface area contributed by atoms with Gasteiger partial charge < -0.3 is 4.90 Å². The Morgan fingerprint density at radius 1 is 1.12 bits per heavy atom. The average Bonchev–Trinajstić information content (AvgIpc) is 2.56. The van der Waals surface area contributed by atoms with E-state index in [0.29, 0.717) is 6.54 Å². The van der Waals surface area contributed by atoms with E-state index in [0.717, 1.165) is 31.9 Å². The lowest BCUT2D eigenvalue weighted by molar-refractivity contribution is 0.287. The summed E-state index contributed by atoms with van der Waals surface area (Å²) in [5, 5.41) is 8.62. The summed E-state index contributed by atoms with van der Waals surface area (Å²) >= 11 is 0. The average molecular weight is 229 g/mol. The van der Waals surface area contributed by atoms with Crippen LogP contribution in [-0.2, 0) is 0 Å². The van der Waals surface area contributed by atoms with Crippen LogP contribution in [-0.4, -0.2) is 37.6 Å². The van der Waals surface area contributed by atoms with E-state index in [-0.39, 0.29) is 5.43 Å². The molecule has 1 saturated heterocycles. The second-order valence-electron chi connectivity index (χ2n) is 4.08. The Morgan fingerprint density at radius 3 is 2.53 bits per heavy atom. The molecule has 1 aliphatic heterocycles. The van der Waals surface area contributed by atoms with Gasteiger partial charge in [0.1, 0.15) is 0 Å². The third-order valence-electron chi connectivity index (χ3n) is 2.98. The second-order valence-corrected chi connectivity index (χ2v) is 4.08. The van der Waals surface area contributed by atoms with Crippen LogP contribution in [0.5, 0.6) is 0 Å². The lowest BCUT2D eigenvalue weighted by Gasteiger charge is -2.34. The summed E-state index contributed by atoms with van der Waals surface area (Å²) in [6.45, 7) is 3.76. The Kier molecular flexibility index (Phi) is 3.73. The first-order valence-electron chi connectivity index (χ1n) is 5.75. The minimum absolute atomic E-state index is 0.0590. The molecule has 1 aromatic rings. The fourth-order valence-electron chi connectivity index (χ4n) is 2.03. The van der Waals surface area contributed by atoms with Crippen molar-refractivity contribution < 1.29 is 0 Å². The van der Waals surface area contributed by atoms with Gasteiger partial charge in [-0.25, -0.2) is 0 Å². The largest absolute Gasteiger partial charge is 0.366 e. The highest BCUT2D eigenvalue weighted by atomic mass is 16.1. The van der Waals surface area contributed by atoms with Crippen molar-refractivity contribution in [3.8, 4) is 6.07 Å². The molecule has 1 aliphatic rings. The summed E-state index contributed by atoms with van der Waals surface area (Å²) in [5.74, 6) is 0. The molecule has 1 heterocycles. The van der Waals surface area contributed by atoms with E-state index in [1.807, 2.05) is 18.2 Å².